The predicted octanol–water partition coefficient (Wildman–Crippen LogP) is 0.751. The van der Waals surface area contributed by atoms with E-state index in [0.29, 0.717) is 24.2 Å². The van der Waals surface area contributed by atoms with Gasteiger partial charge in [-0.1, -0.05) is 30.6 Å². The molecule has 1 aliphatic rings. The molecule has 32 heavy (non-hydrogen) atoms. The van der Waals surface area contributed by atoms with Crippen LogP contribution in [0.4, 0.5) is 10.5 Å². The first-order valence-electron chi connectivity index (χ1n) is 10.1. The lowest BCUT2D eigenvalue weighted by Crippen LogP contribution is -2.56. The van der Waals surface area contributed by atoms with Crippen molar-refractivity contribution >= 4 is 35.2 Å². The van der Waals surface area contributed by atoms with Gasteiger partial charge >= 0.3 is 12.1 Å². The smallest absolute Gasteiger partial charge is 0.407 e. The standard InChI is InChI=1S/C20H28N6O6/c1-2-3-8-31-20(30)25-17(18(28)29)16(21)15(27)10-13-9-14(26-32-13)11-4-6-12(7-5-11)24-19(22)23/h4-7,13,16-17H,2-3,8-10,21H2,1H3,(H,25,30)(H,28,29)(H4,22,23,24)/t13-,16-,17+/m1/s1. The average Bonchev–Trinajstić information content (AvgIpc) is 3.20. The minimum absolute atomic E-state index is 0.139. The Morgan fingerprint density at radius 1 is 1.34 bits per heavy atom. The molecule has 1 aromatic carbocycles. The highest BCUT2D eigenvalue weighted by molar-refractivity contribution is 6.02. The highest BCUT2D eigenvalue weighted by Crippen LogP contribution is 2.21. The van der Waals surface area contributed by atoms with Gasteiger partial charge in [0.1, 0.15) is 6.10 Å². The number of unbranched alkanes of at least 4 members (excludes halogenated alkanes) is 1. The lowest BCUT2D eigenvalue weighted by molar-refractivity contribution is -0.142. The van der Waals surface area contributed by atoms with Crippen molar-refractivity contribution in [2.24, 2.45) is 16.6 Å². The molecule has 1 aliphatic heterocycles. The van der Waals surface area contributed by atoms with E-state index in [1.807, 2.05) is 6.92 Å². The molecule has 0 aliphatic carbocycles. The normalized spacial score (nSPS) is 16.8. The summed E-state index contributed by atoms with van der Waals surface area (Å²) in [6.45, 7) is 2.05. The number of aliphatic carboxylic acids is 1. The maximum Gasteiger partial charge on any atom is 0.407 e. The zero-order valence-electron chi connectivity index (χ0n) is 17.7. The van der Waals surface area contributed by atoms with Crippen molar-refractivity contribution in [3.05, 3.63) is 29.8 Å². The molecule has 0 unspecified atom stereocenters. The van der Waals surface area contributed by atoms with Crippen LogP contribution in [0, 0.1) is 5.41 Å². The Balaban J connectivity index is 1.89. The van der Waals surface area contributed by atoms with E-state index in [4.69, 9.17) is 26.5 Å². The van der Waals surface area contributed by atoms with Crippen molar-refractivity contribution < 1.29 is 29.1 Å². The number of hydrogen-bond acceptors (Lipinski definition) is 8. The summed E-state index contributed by atoms with van der Waals surface area (Å²) in [6, 6.07) is 3.86. The quantitative estimate of drug-likeness (QED) is 0.160. The van der Waals surface area contributed by atoms with Gasteiger partial charge in [0.25, 0.3) is 0 Å². The van der Waals surface area contributed by atoms with E-state index in [1.165, 1.54) is 0 Å². The fourth-order valence-electron chi connectivity index (χ4n) is 2.94. The Morgan fingerprint density at radius 2 is 2.03 bits per heavy atom. The average molecular weight is 448 g/mol. The number of guanidine groups is 1. The Labute approximate surface area is 184 Å². The summed E-state index contributed by atoms with van der Waals surface area (Å²) in [4.78, 5) is 41.1. The van der Waals surface area contributed by atoms with Crippen molar-refractivity contribution in [3.63, 3.8) is 0 Å². The maximum atomic E-state index is 12.5. The molecule has 0 saturated carbocycles. The van der Waals surface area contributed by atoms with Gasteiger partial charge in [-0.15, -0.1) is 0 Å². The van der Waals surface area contributed by atoms with Gasteiger partial charge in [-0.2, -0.15) is 0 Å². The number of carbonyl (C=O) groups is 3. The number of carbonyl (C=O) groups excluding carboxylic acids is 2. The number of hydrogen-bond donors (Lipinski definition) is 6. The number of oxime groups is 1. The molecule has 0 saturated heterocycles. The minimum Gasteiger partial charge on any atom is -0.480 e. The molecule has 1 heterocycles. The highest BCUT2D eigenvalue weighted by Gasteiger charge is 2.35. The van der Waals surface area contributed by atoms with Gasteiger partial charge in [0.05, 0.1) is 18.4 Å². The van der Waals surface area contributed by atoms with Crippen LogP contribution >= 0.6 is 0 Å². The van der Waals surface area contributed by atoms with Crippen LogP contribution in [-0.4, -0.2) is 59.4 Å². The molecule has 0 spiro atoms. The molecule has 3 atom stereocenters. The SMILES string of the molecule is CCCCOC(=O)N[C@H](C(=O)O)[C@H](N)C(=O)C[C@H]1CC(c2ccc(NC(=N)N)cc2)=NO1. The number of carboxylic acids is 1. The second kappa shape index (κ2) is 11.6. The summed E-state index contributed by atoms with van der Waals surface area (Å²) in [5.41, 5.74) is 13.1. The fourth-order valence-corrected chi connectivity index (χ4v) is 2.94. The predicted molar refractivity (Wildman–Crippen MR) is 116 cm³/mol. The van der Waals surface area contributed by atoms with E-state index in [0.717, 1.165) is 12.0 Å². The Bertz CT molecular complexity index is 872. The van der Waals surface area contributed by atoms with Gasteiger partial charge < -0.3 is 36.8 Å². The van der Waals surface area contributed by atoms with E-state index in [1.54, 1.807) is 24.3 Å². The van der Waals surface area contributed by atoms with Crippen molar-refractivity contribution in [2.75, 3.05) is 11.9 Å². The molecule has 0 aromatic heterocycles. The number of nitrogens with one attached hydrogen (secondary N) is 3. The first-order valence-corrected chi connectivity index (χ1v) is 10.1. The van der Waals surface area contributed by atoms with Crippen LogP contribution in [-0.2, 0) is 19.2 Å². The van der Waals surface area contributed by atoms with Crippen LogP contribution in [0.2, 0.25) is 0 Å². The zero-order chi connectivity index (χ0) is 23.7. The molecule has 1 aromatic rings. The molecular formula is C20H28N6O6. The molecule has 8 N–H and O–H groups in total. The van der Waals surface area contributed by atoms with Crippen LogP contribution < -0.4 is 22.1 Å². The number of benzene rings is 1. The zero-order valence-corrected chi connectivity index (χ0v) is 17.7. The number of ketones is 1. The van der Waals surface area contributed by atoms with Gasteiger partial charge in [-0.25, -0.2) is 9.59 Å². The number of nitrogens with two attached hydrogens (primary N) is 2. The van der Waals surface area contributed by atoms with Crippen molar-refractivity contribution in [1.29, 1.82) is 5.41 Å². The van der Waals surface area contributed by atoms with Crippen molar-refractivity contribution in [3.8, 4) is 0 Å². The van der Waals surface area contributed by atoms with Gasteiger partial charge in [-0.3, -0.25) is 10.2 Å². The number of anilines is 1. The number of amides is 1. The third-order valence-corrected chi connectivity index (χ3v) is 4.66. The Morgan fingerprint density at radius 3 is 2.62 bits per heavy atom. The summed E-state index contributed by atoms with van der Waals surface area (Å²) >= 11 is 0. The maximum absolute atomic E-state index is 12.5. The highest BCUT2D eigenvalue weighted by atomic mass is 16.6. The van der Waals surface area contributed by atoms with E-state index < -0.39 is 36.0 Å². The van der Waals surface area contributed by atoms with Crippen LogP contribution in [0.5, 0.6) is 0 Å². The lowest BCUT2D eigenvalue weighted by atomic mass is 9.96. The van der Waals surface area contributed by atoms with Crippen LogP contribution in [0.25, 0.3) is 0 Å². The molecule has 174 valence electrons. The molecule has 0 fully saturated rings. The largest absolute Gasteiger partial charge is 0.480 e. The molecular weight excluding hydrogens is 420 g/mol. The summed E-state index contributed by atoms with van der Waals surface area (Å²) in [7, 11) is 0. The number of carboxylic acid groups (broad SMARTS) is 1. The van der Waals surface area contributed by atoms with Gasteiger partial charge in [0.15, 0.2) is 17.8 Å². The van der Waals surface area contributed by atoms with Crippen LogP contribution in [0.3, 0.4) is 0 Å². The molecule has 12 heteroatoms. The van der Waals surface area contributed by atoms with Crippen molar-refractivity contribution in [2.45, 2.75) is 50.8 Å². The number of rotatable bonds is 11. The number of alkyl carbamates (subject to hydrolysis) is 1. The molecule has 0 radical (unpaired) electrons. The van der Waals surface area contributed by atoms with E-state index in [2.05, 4.69) is 15.8 Å². The summed E-state index contributed by atoms with van der Waals surface area (Å²) < 4.78 is 4.87. The number of nitrogens with zero attached hydrogens (tertiary/aromatic N) is 1. The summed E-state index contributed by atoms with van der Waals surface area (Å²) in [5, 5.41) is 25.4. The second-order valence-electron chi connectivity index (χ2n) is 7.23. The number of ether oxygens (including phenoxy) is 1. The van der Waals surface area contributed by atoms with Crippen LogP contribution in [0.1, 0.15) is 38.2 Å². The number of Topliss-reactive ketones (excluding diaryl/α,β-unsaturated/α-hetero) is 1. The first-order chi connectivity index (χ1) is 15.2. The second-order valence-corrected chi connectivity index (χ2v) is 7.23. The monoisotopic (exact) mass is 448 g/mol. The topological polar surface area (TPSA) is 202 Å². The summed E-state index contributed by atoms with van der Waals surface area (Å²) in [5.74, 6) is -2.21. The van der Waals surface area contributed by atoms with E-state index >= 15 is 0 Å². The molecule has 12 nitrogen and oxygen atoms in total. The van der Waals surface area contributed by atoms with Crippen molar-refractivity contribution in [1.82, 2.24) is 5.32 Å². The van der Waals surface area contributed by atoms with Crippen LogP contribution in [0.15, 0.2) is 29.4 Å². The lowest BCUT2D eigenvalue weighted by Gasteiger charge is -2.21. The third kappa shape index (κ3) is 7.23. The fraction of sp³-hybridized carbons (Fsp3) is 0.450. The van der Waals surface area contributed by atoms with E-state index in [9.17, 15) is 19.5 Å². The molecule has 1 amide bonds. The summed E-state index contributed by atoms with van der Waals surface area (Å²) in [6.07, 6.45) is 0.0342. The van der Waals surface area contributed by atoms with Gasteiger partial charge in [0, 0.05) is 18.5 Å². The van der Waals surface area contributed by atoms with Gasteiger partial charge in [0.2, 0.25) is 0 Å². The Kier molecular flexibility index (Phi) is 8.95. The van der Waals surface area contributed by atoms with Gasteiger partial charge in [-0.05, 0) is 24.1 Å². The Hall–Kier alpha value is -3.67. The van der Waals surface area contributed by atoms with E-state index in [-0.39, 0.29) is 19.0 Å². The third-order valence-electron chi connectivity index (χ3n) is 4.66. The molecule has 0 bridgehead atoms. The first kappa shape index (κ1) is 24.6. The molecule has 2 rings (SSSR count). The minimum atomic E-state index is -1.63.